The first-order chi connectivity index (χ1) is 11.5. The van der Waals surface area contributed by atoms with Crippen LogP contribution in [0.25, 0.3) is 0 Å². The van der Waals surface area contributed by atoms with E-state index in [9.17, 15) is 19.5 Å². The first-order valence-electron chi connectivity index (χ1n) is 8.14. The molecule has 7 nitrogen and oxygen atoms in total. The highest BCUT2D eigenvalue weighted by molar-refractivity contribution is 7.99. The molecular weight excluding hydrogens is 332 g/mol. The molecule has 8 heteroatoms. The van der Waals surface area contributed by atoms with Crippen LogP contribution in [0.5, 0.6) is 0 Å². The van der Waals surface area contributed by atoms with E-state index in [2.05, 4.69) is 11.9 Å². The Morgan fingerprint density at radius 1 is 1.38 bits per heavy atom. The molecule has 0 bridgehead atoms. The number of hydrogen-bond donors (Lipinski definition) is 2. The molecule has 0 spiro atoms. The molecule has 24 heavy (non-hydrogen) atoms. The van der Waals surface area contributed by atoms with Crippen molar-refractivity contribution in [2.45, 2.75) is 37.8 Å². The van der Waals surface area contributed by atoms with Crippen LogP contribution in [-0.2, 0) is 19.1 Å². The summed E-state index contributed by atoms with van der Waals surface area (Å²) in [6.07, 6.45) is 5.37. The van der Waals surface area contributed by atoms with Gasteiger partial charge in [0.2, 0.25) is 11.8 Å². The zero-order chi connectivity index (χ0) is 17.5. The molecule has 2 unspecified atom stereocenters. The Bertz CT molecular complexity index is 493. The van der Waals surface area contributed by atoms with Crippen molar-refractivity contribution in [1.82, 2.24) is 10.2 Å². The lowest BCUT2D eigenvalue weighted by Gasteiger charge is -2.26. The van der Waals surface area contributed by atoms with E-state index in [1.807, 2.05) is 0 Å². The van der Waals surface area contributed by atoms with E-state index in [4.69, 9.17) is 4.74 Å². The summed E-state index contributed by atoms with van der Waals surface area (Å²) in [5, 5.41) is 11.7. The van der Waals surface area contributed by atoms with Crippen molar-refractivity contribution in [2.24, 2.45) is 5.92 Å². The molecule has 2 amide bonds. The largest absolute Gasteiger partial charge is 0.480 e. The van der Waals surface area contributed by atoms with Crippen molar-refractivity contribution in [2.75, 3.05) is 24.8 Å². The highest BCUT2D eigenvalue weighted by Gasteiger charge is 2.39. The lowest BCUT2D eigenvalue weighted by Crippen LogP contribution is -2.53. The molecule has 0 aromatic heterocycles. The van der Waals surface area contributed by atoms with Crippen molar-refractivity contribution in [3.8, 4) is 0 Å². The fourth-order valence-corrected chi connectivity index (χ4v) is 4.16. The van der Waals surface area contributed by atoms with E-state index in [1.54, 1.807) is 4.90 Å². The maximum Gasteiger partial charge on any atom is 0.328 e. The van der Waals surface area contributed by atoms with Gasteiger partial charge in [-0.25, -0.2) is 4.79 Å². The fourth-order valence-electron chi connectivity index (χ4n) is 3.00. The second kappa shape index (κ2) is 9.08. The van der Waals surface area contributed by atoms with E-state index in [0.717, 1.165) is 25.7 Å². The van der Waals surface area contributed by atoms with Gasteiger partial charge in [-0.05, 0) is 12.8 Å². The average molecular weight is 356 g/mol. The summed E-state index contributed by atoms with van der Waals surface area (Å²) in [5.41, 5.74) is 0. The number of carboxylic acid groups (broad SMARTS) is 1. The van der Waals surface area contributed by atoms with Crippen LogP contribution in [-0.4, -0.2) is 64.7 Å². The van der Waals surface area contributed by atoms with E-state index in [1.165, 1.54) is 17.8 Å². The first-order valence-corrected chi connectivity index (χ1v) is 9.30. The van der Waals surface area contributed by atoms with Crippen molar-refractivity contribution < 1.29 is 24.2 Å². The number of aliphatic carboxylic acids is 1. The molecule has 2 fully saturated rings. The Labute approximate surface area is 145 Å². The molecular formula is C16H24N2O5S. The maximum atomic E-state index is 12.6. The molecule has 2 N–H and O–H groups in total. The van der Waals surface area contributed by atoms with Gasteiger partial charge in [-0.15, -0.1) is 18.3 Å². The minimum Gasteiger partial charge on any atom is -0.480 e. The first kappa shape index (κ1) is 18.8. The van der Waals surface area contributed by atoms with Crippen molar-refractivity contribution >= 4 is 29.5 Å². The summed E-state index contributed by atoms with van der Waals surface area (Å²) >= 11 is 1.52. The highest BCUT2D eigenvalue weighted by Crippen LogP contribution is 2.30. The SMILES string of the molecule is C=CCOCC(NC(=O)C1CSCN1C(=O)C1CCCC1)C(=O)O. The van der Waals surface area contributed by atoms with Crippen molar-refractivity contribution in [1.29, 1.82) is 0 Å². The maximum absolute atomic E-state index is 12.6. The summed E-state index contributed by atoms with van der Waals surface area (Å²) < 4.78 is 5.13. The van der Waals surface area contributed by atoms with Gasteiger partial charge in [-0.3, -0.25) is 9.59 Å². The quantitative estimate of drug-likeness (QED) is 0.494. The number of nitrogens with zero attached hydrogens (tertiary/aromatic N) is 1. The molecule has 1 saturated heterocycles. The molecule has 1 aliphatic heterocycles. The van der Waals surface area contributed by atoms with Crippen LogP contribution in [0, 0.1) is 5.92 Å². The molecule has 2 atom stereocenters. The Balaban J connectivity index is 1.94. The number of nitrogens with one attached hydrogen (secondary N) is 1. The molecule has 1 saturated carbocycles. The lowest BCUT2D eigenvalue weighted by molar-refractivity contribution is -0.145. The topological polar surface area (TPSA) is 95.9 Å². The number of carbonyl (C=O) groups excluding carboxylic acids is 2. The number of ether oxygens (including phenoxy) is 1. The predicted octanol–water partition coefficient (Wildman–Crippen LogP) is 0.850. The molecule has 0 aromatic rings. The molecule has 2 rings (SSSR count). The Kier molecular flexibility index (Phi) is 7.11. The van der Waals surface area contributed by atoms with Crippen LogP contribution in [0.4, 0.5) is 0 Å². The fraction of sp³-hybridized carbons (Fsp3) is 0.688. The molecule has 0 aromatic carbocycles. The van der Waals surface area contributed by atoms with Gasteiger partial charge in [0.1, 0.15) is 6.04 Å². The van der Waals surface area contributed by atoms with Crippen molar-refractivity contribution in [3.63, 3.8) is 0 Å². The van der Waals surface area contributed by atoms with Gasteiger partial charge in [0.25, 0.3) is 0 Å². The summed E-state index contributed by atoms with van der Waals surface area (Å²) in [7, 11) is 0. The van der Waals surface area contributed by atoms with Crippen molar-refractivity contribution in [3.05, 3.63) is 12.7 Å². The van der Waals surface area contributed by atoms with Gasteiger partial charge >= 0.3 is 5.97 Å². The third-order valence-corrected chi connectivity index (χ3v) is 5.32. The predicted molar refractivity (Wildman–Crippen MR) is 90.5 cm³/mol. The number of rotatable bonds is 8. The molecule has 2 aliphatic rings. The minimum atomic E-state index is -1.16. The normalized spacial score (nSPS) is 22.3. The molecule has 0 radical (unpaired) electrons. The molecule has 1 heterocycles. The van der Waals surface area contributed by atoms with Gasteiger partial charge < -0.3 is 20.1 Å². The second-order valence-corrected chi connectivity index (χ2v) is 7.03. The van der Waals surface area contributed by atoms with Crippen LogP contribution in [0.3, 0.4) is 0 Å². The average Bonchev–Trinajstić information content (AvgIpc) is 3.24. The van der Waals surface area contributed by atoms with Gasteiger partial charge in [0.05, 0.1) is 19.1 Å². The number of hydrogen-bond acceptors (Lipinski definition) is 5. The summed E-state index contributed by atoms with van der Waals surface area (Å²) in [4.78, 5) is 37.9. The number of thioether (sulfide) groups is 1. The molecule has 1 aliphatic carbocycles. The zero-order valence-corrected chi connectivity index (χ0v) is 14.4. The number of carboxylic acids is 1. The lowest BCUT2D eigenvalue weighted by atomic mass is 10.1. The Hall–Kier alpha value is -1.54. The number of amides is 2. The van der Waals surface area contributed by atoms with Gasteiger partial charge in [0.15, 0.2) is 6.04 Å². The Morgan fingerprint density at radius 2 is 2.08 bits per heavy atom. The second-order valence-electron chi connectivity index (χ2n) is 6.03. The van der Waals surface area contributed by atoms with E-state index in [-0.39, 0.29) is 25.0 Å². The van der Waals surface area contributed by atoms with Crippen LogP contribution >= 0.6 is 11.8 Å². The monoisotopic (exact) mass is 356 g/mol. The minimum absolute atomic E-state index is 0.00481. The van der Waals surface area contributed by atoms with Crippen LogP contribution in [0.2, 0.25) is 0 Å². The van der Waals surface area contributed by atoms with E-state index in [0.29, 0.717) is 11.6 Å². The summed E-state index contributed by atoms with van der Waals surface area (Å²) in [6.45, 7) is 3.56. The summed E-state index contributed by atoms with van der Waals surface area (Å²) in [5.74, 6) is -0.590. The highest BCUT2D eigenvalue weighted by atomic mass is 32.2. The van der Waals surface area contributed by atoms with Crippen LogP contribution < -0.4 is 5.32 Å². The van der Waals surface area contributed by atoms with Gasteiger partial charge in [-0.1, -0.05) is 18.9 Å². The zero-order valence-electron chi connectivity index (χ0n) is 13.6. The smallest absolute Gasteiger partial charge is 0.328 e. The number of carbonyl (C=O) groups is 3. The Morgan fingerprint density at radius 3 is 2.71 bits per heavy atom. The third-order valence-electron chi connectivity index (χ3n) is 4.31. The third kappa shape index (κ3) is 4.73. The van der Waals surface area contributed by atoms with E-state index < -0.39 is 24.0 Å². The molecule has 134 valence electrons. The van der Waals surface area contributed by atoms with E-state index >= 15 is 0 Å². The van der Waals surface area contributed by atoms with Crippen LogP contribution in [0.15, 0.2) is 12.7 Å². The summed E-state index contributed by atoms with van der Waals surface area (Å²) in [6, 6.07) is -1.74. The standard InChI is InChI=1S/C16H24N2O5S/c1-2-7-23-8-12(16(21)22)17-14(19)13-9-24-10-18(13)15(20)11-5-3-4-6-11/h2,11-13H,1,3-10H2,(H,17,19)(H,21,22). The van der Waals surface area contributed by atoms with Gasteiger partial charge in [0, 0.05) is 11.7 Å². The van der Waals surface area contributed by atoms with Gasteiger partial charge in [-0.2, -0.15) is 0 Å². The van der Waals surface area contributed by atoms with Crippen LogP contribution in [0.1, 0.15) is 25.7 Å².